The highest BCUT2D eigenvalue weighted by atomic mass is 35.5. The Balaban J connectivity index is 1.84. The molecule has 0 aromatic heterocycles. The molecule has 12 heteroatoms. The Morgan fingerprint density at radius 3 is 2.41 bits per heavy atom. The average Bonchev–Trinajstić information content (AvgIpc) is 2.89. The SMILES string of the molecule is CCOc1cc(Cl)ccc1NC(=O)c1cc2ccccc2c(N=Nc2c(Cl)cc(CC)cc2S(=O)(=O)O)c1O. The first-order chi connectivity index (χ1) is 18.5. The lowest BCUT2D eigenvalue weighted by Gasteiger charge is -2.14. The van der Waals surface area contributed by atoms with Gasteiger partial charge in [0.15, 0.2) is 5.75 Å². The van der Waals surface area contributed by atoms with Crippen molar-refractivity contribution in [2.75, 3.05) is 11.9 Å². The van der Waals surface area contributed by atoms with E-state index < -0.39 is 26.7 Å². The number of phenols is 1. The number of hydrogen-bond acceptors (Lipinski definition) is 7. The van der Waals surface area contributed by atoms with E-state index in [2.05, 4.69) is 15.5 Å². The van der Waals surface area contributed by atoms with Gasteiger partial charge in [0.25, 0.3) is 16.0 Å². The zero-order chi connectivity index (χ0) is 28.3. The van der Waals surface area contributed by atoms with Crippen LogP contribution in [0, 0.1) is 0 Å². The van der Waals surface area contributed by atoms with Crippen LogP contribution in [-0.2, 0) is 16.5 Å². The van der Waals surface area contributed by atoms with Gasteiger partial charge in [0.05, 0.1) is 22.9 Å². The molecular weight excluding hydrogens is 565 g/mol. The van der Waals surface area contributed by atoms with E-state index in [9.17, 15) is 22.9 Å². The van der Waals surface area contributed by atoms with Crippen molar-refractivity contribution in [3.63, 3.8) is 0 Å². The molecule has 3 N–H and O–H groups in total. The van der Waals surface area contributed by atoms with Gasteiger partial charge in [0.1, 0.15) is 22.0 Å². The molecule has 0 heterocycles. The Morgan fingerprint density at radius 2 is 1.72 bits per heavy atom. The van der Waals surface area contributed by atoms with Gasteiger partial charge in [-0.05, 0) is 54.6 Å². The number of azo groups is 1. The molecule has 0 aliphatic heterocycles. The minimum Gasteiger partial charge on any atom is -0.505 e. The maximum absolute atomic E-state index is 13.3. The van der Waals surface area contributed by atoms with Crippen molar-refractivity contribution in [3.05, 3.63) is 81.8 Å². The van der Waals surface area contributed by atoms with Crippen LogP contribution in [0.25, 0.3) is 10.8 Å². The summed E-state index contributed by atoms with van der Waals surface area (Å²) < 4.78 is 39.4. The number of benzene rings is 4. The average molecular weight is 588 g/mol. The number of ether oxygens (including phenoxy) is 1. The van der Waals surface area contributed by atoms with Gasteiger partial charge in [-0.15, -0.1) is 10.2 Å². The smallest absolute Gasteiger partial charge is 0.296 e. The predicted octanol–water partition coefficient (Wildman–Crippen LogP) is 7.73. The summed E-state index contributed by atoms with van der Waals surface area (Å²) in [5.41, 5.74) is 0.366. The number of aromatic hydroxyl groups is 1. The number of carbonyl (C=O) groups is 1. The van der Waals surface area contributed by atoms with E-state index in [1.807, 2.05) is 0 Å². The van der Waals surface area contributed by atoms with Crippen molar-refractivity contribution in [2.24, 2.45) is 10.2 Å². The monoisotopic (exact) mass is 587 g/mol. The molecule has 4 aromatic carbocycles. The number of aryl methyl sites for hydroxylation is 1. The van der Waals surface area contributed by atoms with Gasteiger partial charge in [-0.1, -0.05) is 54.4 Å². The molecule has 0 saturated heterocycles. The van der Waals surface area contributed by atoms with Crippen molar-refractivity contribution in [2.45, 2.75) is 25.2 Å². The van der Waals surface area contributed by atoms with Crippen LogP contribution in [0.1, 0.15) is 29.8 Å². The lowest BCUT2D eigenvalue weighted by molar-refractivity contribution is 0.102. The highest BCUT2D eigenvalue weighted by Crippen LogP contribution is 2.42. The second-order valence-corrected chi connectivity index (χ2v) is 10.6. The summed E-state index contributed by atoms with van der Waals surface area (Å²) in [6.45, 7) is 3.92. The molecule has 4 aromatic rings. The molecule has 202 valence electrons. The Labute approximate surface area is 234 Å². The van der Waals surface area contributed by atoms with Crippen LogP contribution in [0.2, 0.25) is 10.0 Å². The van der Waals surface area contributed by atoms with E-state index >= 15 is 0 Å². The van der Waals surface area contributed by atoms with Crippen LogP contribution in [0.3, 0.4) is 0 Å². The van der Waals surface area contributed by atoms with Crippen molar-refractivity contribution >= 4 is 67.1 Å². The summed E-state index contributed by atoms with van der Waals surface area (Å²) in [6, 6.07) is 15.8. The third-order valence-corrected chi connectivity index (χ3v) is 7.15. The van der Waals surface area contributed by atoms with Gasteiger partial charge in [-0.25, -0.2) is 0 Å². The second kappa shape index (κ2) is 11.6. The van der Waals surface area contributed by atoms with Crippen LogP contribution < -0.4 is 10.1 Å². The summed E-state index contributed by atoms with van der Waals surface area (Å²) in [6.07, 6.45) is 0.459. The first-order valence-electron chi connectivity index (χ1n) is 11.7. The molecule has 0 fully saturated rings. The molecular formula is C27H23Cl2N3O6S. The number of fused-ring (bicyclic) bond motifs is 1. The Bertz CT molecular complexity index is 1720. The lowest BCUT2D eigenvalue weighted by Crippen LogP contribution is -2.13. The molecule has 39 heavy (non-hydrogen) atoms. The van der Waals surface area contributed by atoms with E-state index in [1.165, 1.54) is 18.2 Å². The summed E-state index contributed by atoms with van der Waals surface area (Å²) in [5.74, 6) is -0.819. The fourth-order valence-electron chi connectivity index (χ4n) is 3.88. The Kier molecular flexibility index (Phi) is 8.41. The second-order valence-electron chi connectivity index (χ2n) is 8.32. The van der Waals surface area contributed by atoms with Crippen molar-refractivity contribution < 1.29 is 27.6 Å². The number of rotatable bonds is 8. The van der Waals surface area contributed by atoms with E-state index in [-0.39, 0.29) is 22.0 Å². The molecule has 9 nitrogen and oxygen atoms in total. The minimum absolute atomic E-state index is 0.0605. The van der Waals surface area contributed by atoms with Crippen molar-refractivity contribution in [1.29, 1.82) is 0 Å². The highest BCUT2D eigenvalue weighted by Gasteiger charge is 2.22. The van der Waals surface area contributed by atoms with Crippen LogP contribution in [-0.4, -0.2) is 30.6 Å². The fraction of sp³-hybridized carbons (Fsp3) is 0.148. The summed E-state index contributed by atoms with van der Waals surface area (Å²) in [4.78, 5) is 12.8. The number of anilines is 1. The zero-order valence-corrected chi connectivity index (χ0v) is 23.1. The summed E-state index contributed by atoms with van der Waals surface area (Å²) in [5, 5.41) is 23.3. The first-order valence-corrected chi connectivity index (χ1v) is 13.9. The maximum atomic E-state index is 13.3. The number of amides is 1. The lowest BCUT2D eigenvalue weighted by atomic mass is 10.0. The summed E-state index contributed by atoms with van der Waals surface area (Å²) in [7, 11) is -4.70. The zero-order valence-electron chi connectivity index (χ0n) is 20.8. The molecule has 0 saturated carbocycles. The molecule has 0 aliphatic carbocycles. The number of nitrogens with zero attached hydrogens (tertiary/aromatic N) is 2. The Morgan fingerprint density at radius 1 is 1.00 bits per heavy atom. The molecule has 0 aliphatic rings. The first kappa shape index (κ1) is 28.3. The number of phenolic OH excluding ortho intramolecular Hbond substituents is 1. The maximum Gasteiger partial charge on any atom is 0.296 e. The molecule has 1 amide bonds. The van der Waals surface area contributed by atoms with E-state index in [0.29, 0.717) is 45.8 Å². The van der Waals surface area contributed by atoms with Gasteiger partial charge >= 0.3 is 0 Å². The largest absolute Gasteiger partial charge is 0.505 e. The quantitative estimate of drug-likeness (QED) is 0.142. The molecule has 0 atom stereocenters. The highest BCUT2D eigenvalue weighted by molar-refractivity contribution is 7.86. The third-order valence-electron chi connectivity index (χ3n) is 5.76. The molecule has 0 unspecified atom stereocenters. The Hall–Kier alpha value is -3.70. The van der Waals surface area contributed by atoms with Crippen LogP contribution >= 0.6 is 23.2 Å². The van der Waals surface area contributed by atoms with Crippen LogP contribution in [0.15, 0.2) is 75.8 Å². The van der Waals surface area contributed by atoms with E-state index in [1.54, 1.807) is 56.3 Å². The standard InChI is InChI=1S/C27H23Cl2N3O6S/c1-3-15-11-20(29)25(23(12-15)39(35,36)37)32-31-24-18-8-6-5-7-16(18)13-19(26(24)33)27(34)30-21-10-9-17(28)14-22(21)38-4-2/h5-14,33H,3-4H2,1-2H3,(H,30,34)(H,35,36,37). The fourth-order valence-corrected chi connectivity index (χ4v) is 5.07. The van der Waals surface area contributed by atoms with E-state index in [4.69, 9.17) is 27.9 Å². The third kappa shape index (κ3) is 6.15. The normalized spacial score (nSPS) is 11.7. The van der Waals surface area contributed by atoms with Crippen LogP contribution in [0.4, 0.5) is 17.1 Å². The van der Waals surface area contributed by atoms with Crippen molar-refractivity contribution in [3.8, 4) is 11.5 Å². The van der Waals surface area contributed by atoms with Crippen molar-refractivity contribution in [1.82, 2.24) is 0 Å². The molecule has 0 radical (unpaired) electrons. The minimum atomic E-state index is -4.70. The number of hydrogen-bond donors (Lipinski definition) is 3. The van der Waals surface area contributed by atoms with Gasteiger partial charge in [0.2, 0.25) is 0 Å². The number of nitrogens with one attached hydrogen (secondary N) is 1. The van der Waals surface area contributed by atoms with Crippen LogP contribution in [0.5, 0.6) is 11.5 Å². The molecule has 4 rings (SSSR count). The van der Waals surface area contributed by atoms with Gasteiger partial charge in [-0.2, -0.15) is 8.42 Å². The topological polar surface area (TPSA) is 138 Å². The predicted molar refractivity (Wildman–Crippen MR) is 151 cm³/mol. The number of halogens is 2. The molecule has 0 bridgehead atoms. The van der Waals surface area contributed by atoms with Gasteiger partial charge in [0, 0.05) is 16.5 Å². The van der Waals surface area contributed by atoms with Gasteiger partial charge in [-0.3, -0.25) is 9.35 Å². The van der Waals surface area contributed by atoms with Gasteiger partial charge < -0.3 is 15.2 Å². The van der Waals surface area contributed by atoms with E-state index in [0.717, 1.165) is 0 Å². The summed E-state index contributed by atoms with van der Waals surface area (Å²) >= 11 is 12.3. The number of carbonyl (C=O) groups excluding carboxylic acids is 1. The molecule has 0 spiro atoms.